The number of aryl methyl sites for hydroxylation is 1. The van der Waals surface area contributed by atoms with E-state index in [2.05, 4.69) is 10.6 Å². The number of benzene rings is 2. The van der Waals surface area contributed by atoms with E-state index in [1.165, 1.54) is 6.92 Å². The molecule has 0 saturated carbocycles. The summed E-state index contributed by atoms with van der Waals surface area (Å²) in [4.78, 5) is 37.4. The molecule has 2 rings (SSSR count). The molecule has 0 bridgehead atoms. The van der Waals surface area contributed by atoms with E-state index in [4.69, 9.17) is 0 Å². The highest BCUT2D eigenvalue weighted by Crippen LogP contribution is 2.15. The monoisotopic (exact) mass is 367 g/mol. The van der Waals surface area contributed by atoms with Gasteiger partial charge in [0, 0.05) is 16.9 Å². The summed E-state index contributed by atoms with van der Waals surface area (Å²) in [5.74, 6) is -0.489. The van der Waals surface area contributed by atoms with Crippen molar-refractivity contribution in [1.82, 2.24) is 4.90 Å². The standard InChI is InChI=1S/C21H25N3O3/c1-4-16-8-5-6-11-19(16)23-21(27)14-24(3)13-20(26)22-18-10-7-9-17(12-18)15(2)25/h5-12H,4,13-14H2,1-3H3,(H,22,26)(H,23,27). The van der Waals surface area contributed by atoms with Crippen LogP contribution in [0, 0.1) is 0 Å². The number of rotatable bonds is 8. The van der Waals surface area contributed by atoms with Gasteiger partial charge in [0.2, 0.25) is 11.8 Å². The van der Waals surface area contributed by atoms with Crippen molar-refractivity contribution < 1.29 is 14.4 Å². The number of ketones is 1. The molecule has 0 spiro atoms. The van der Waals surface area contributed by atoms with Crippen LogP contribution in [0.1, 0.15) is 29.8 Å². The average molecular weight is 367 g/mol. The molecule has 0 aliphatic heterocycles. The molecule has 142 valence electrons. The normalized spacial score (nSPS) is 10.5. The Morgan fingerprint density at radius 2 is 1.59 bits per heavy atom. The lowest BCUT2D eigenvalue weighted by molar-refractivity contribution is -0.119. The van der Waals surface area contributed by atoms with E-state index in [9.17, 15) is 14.4 Å². The Kier molecular flexibility index (Phi) is 7.25. The van der Waals surface area contributed by atoms with Crippen molar-refractivity contribution in [2.45, 2.75) is 20.3 Å². The number of para-hydroxylation sites is 1. The fourth-order valence-corrected chi connectivity index (χ4v) is 2.70. The van der Waals surface area contributed by atoms with E-state index >= 15 is 0 Å². The average Bonchev–Trinajstić information content (AvgIpc) is 2.61. The first-order valence-electron chi connectivity index (χ1n) is 8.86. The first kappa shape index (κ1) is 20.3. The summed E-state index contributed by atoms with van der Waals surface area (Å²) >= 11 is 0. The second kappa shape index (κ2) is 9.64. The van der Waals surface area contributed by atoms with E-state index in [-0.39, 0.29) is 30.7 Å². The minimum Gasteiger partial charge on any atom is -0.325 e. The molecule has 2 amide bonds. The number of anilines is 2. The van der Waals surface area contributed by atoms with Gasteiger partial charge in [-0.1, -0.05) is 37.3 Å². The number of Topliss-reactive ketones (excluding diaryl/α,β-unsaturated/α-hetero) is 1. The lowest BCUT2D eigenvalue weighted by atomic mass is 10.1. The predicted molar refractivity (Wildman–Crippen MR) is 107 cm³/mol. The van der Waals surface area contributed by atoms with Crippen LogP contribution < -0.4 is 10.6 Å². The predicted octanol–water partition coefficient (Wildman–Crippen LogP) is 2.96. The van der Waals surface area contributed by atoms with Crippen LogP contribution in [-0.4, -0.2) is 42.6 Å². The quantitative estimate of drug-likeness (QED) is 0.703. The molecule has 2 N–H and O–H groups in total. The van der Waals surface area contributed by atoms with Crippen molar-refractivity contribution in [2.24, 2.45) is 0 Å². The highest BCUT2D eigenvalue weighted by Gasteiger charge is 2.12. The highest BCUT2D eigenvalue weighted by atomic mass is 16.2. The Bertz CT molecular complexity index is 833. The SMILES string of the molecule is CCc1ccccc1NC(=O)CN(C)CC(=O)Nc1cccc(C(C)=O)c1. The van der Waals surface area contributed by atoms with Crippen LogP contribution in [-0.2, 0) is 16.0 Å². The number of amides is 2. The molecular formula is C21H25N3O3. The van der Waals surface area contributed by atoms with E-state index in [0.717, 1.165) is 17.7 Å². The van der Waals surface area contributed by atoms with E-state index in [0.29, 0.717) is 11.3 Å². The van der Waals surface area contributed by atoms with Gasteiger partial charge in [-0.05, 0) is 44.2 Å². The summed E-state index contributed by atoms with van der Waals surface area (Å²) in [5, 5.41) is 5.63. The fourth-order valence-electron chi connectivity index (χ4n) is 2.70. The molecule has 0 aliphatic rings. The van der Waals surface area contributed by atoms with Gasteiger partial charge in [0.15, 0.2) is 5.78 Å². The second-order valence-electron chi connectivity index (χ2n) is 6.42. The molecular weight excluding hydrogens is 342 g/mol. The number of hydrogen-bond donors (Lipinski definition) is 2. The van der Waals surface area contributed by atoms with Gasteiger partial charge in [-0.2, -0.15) is 0 Å². The Morgan fingerprint density at radius 1 is 0.926 bits per heavy atom. The third-order valence-corrected chi connectivity index (χ3v) is 4.05. The van der Waals surface area contributed by atoms with E-state index in [1.807, 2.05) is 31.2 Å². The molecule has 0 unspecified atom stereocenters. The summed E-state index contributed by atoms with van der Waals surface area (Å²) in [6.45, 7) is 3.67. The zero-order chi connectivity index (χ0) is 19.8. The molecule has 0 aliphatic carbocycles. The highest BCUT2D eigenvalue weighted by molar-refractivity contribution is 5.98. The molecule has 2 aromatic carbocycles. The van der Waals surface area contributed by atoms with Crippen molar-refractivity contribution in [1.29, 1.82) is 0 Å². The molecule has 6 heteroatoms. The Morgan fingerprint density at radius 3 is 2.26 bits per heavy atom. The number of carbonyl (C=O) groups is 3. The van der Waals surface area contributed by atoms with Crippen LogP contribution in [0.4, 0.5) is 11.4 Å². The van der Waals surface area contributed by atoms with Crippen LogP contribution in [0.3, 0.4) is 0 Å². The maximum atomic E-state index is 12.2. The third kappa shape index (κ3) is 6.34. The smallest absolute Gasteiger partial charge is 0.238 e. The molecule has 0 radical (unpaired) electrons. The molecule has 2 aromatic rings. The minimum absolute atomic E-state index is 0.0626. The third-order valence-electron chi connectivity index (χ3n) is 4.05. The summed E-state index contributed by atoms with van der Waals surface area (Å²) in [5.41, 5.74) is 2.96. The van der Waals surface area contributed by atoms with Crippen LogP contribution in [0.15, 0.2) is 48.5 Å². The first-order valence-corrected chi connectivity index (χ1v) is 8.86. The van der Waals surface area contributed by atoms with Crippen molar-refractivity contribution >= 4 is 29.0 Å². The molecule has 0 atom stereocenters. The van der Waals surface area contributed by atoms with Crippen LogP contribution in [0.5, 0.6) is 0 Å². The van der Waals surface area contributed by atoms with E-state index < -0.39 is 0 Å². The van der Waals surface area contributed by atoms with Crippen LogP contribution >= 0.6 is 0 Å². The largest absolute Gasteiger partial charge is 0.325 e. The number of carbonyl (C=O) groups excluding carboxylic acids is 3. The van der Waals surface area contributed by atoms with Gasteiger partial charge in [-0.25, -0.2) is 0 Å². The maximum absolute atomic E-state index is 12.2. The number of hydrogen-bond acceptors (Lipinski definition) is 4. The zero-order valence-electron chi connectivity index (χ0n) is 15.9. The van der Waals surface area contributed by atoms with Crippen molar-refractivity contribution in [3.05, 3.63) is 59.7 Å². The van der Waals surface area contributed by atoms with Crippen molar-refractivity contribution in [3.8, 4) is 0 Å². The van der Waals surface area contributed by atoms with Crippen LogP contribution in [0.2, 0.25) is 0 Å². The van der Waals surface area contributed by atoms with Crippen molar-refractivity contribution in [3.63, 3.8) is 0 Å². The molecule has 0 aromatic heterocycles. The first-order chi connectivity index (χ1) is 12.9. The Hall–Kier alpha value is -2.99. The summed E-state index contributed by atoms with van der Waals surface area (Å²) in [6, 6.07) is 14.4. The fraction of sp³-hybridized carbons (Fsp3) is 0.286. The number of likely N-dealkylation sites (N-methyl/N-ethyl adjacent to an activating group) is 1. The molecule has 27 heavy (non-hydrogen) atoms. The maximum Gasteiger partial charge on any atom is 0.238 e. The lowest BCUT2D eigenvalue weighted by Gasteiger charge is -2.17. The summed E-state index contributed by atoms with van der Waals surface area (Å²) in [6.07, 6.45) is 0.827. The van der Waals surface area contributed by atoms with Gasteiger partial charge in [-0.3, -0.25) is 19.3 Å². The number of nitrogens with zero attached hydrogens (tertiary/aromatic N) is 1. The Labute approximate surface area is 159 Å². The summed E-state index contributed by atoms with van der Waals surface area (Å²) in [7, 11) is 1.71. The zero-order valence-corrected chi connectivity index (χ0v) is 15.9. The van der Waals surface area contributed by atoms with Gasteiger partial charge < -0.3 is 10.6 Å². The summed E-state index contributed by atoms with van der Waals surface area (Å²) < 4.78 is 0. The van der Waals surface area contributed by atoms with Gasteiger partial charge in [-0.15, -0.1) is 0 Å². The molecule has 0 saturated heterocycles. The van der Waals surface area contributed by atoms with Gasteiger partial charge in [0.1, 0.15) is 0 Å². The second-order valence-corrected chi connectivity index (χ2v) is 6.42. The van der Waals surface area contributed by atoms with Gasteiger partial charge in [0.25, 0.3) is 0 Å². The Balaban J connectivity index is 1.86. The van der Waals surface area contributed by atoms with Crippen LogP contribution in [0.25, 0.3) is 0 Å². The van der Waals surface area contributed by atoms with Gasteiger partial charge in [0.05, 0.1) is 13.1 Å². The molecule has 6 nitrogen and oxygen atoms in total. The van der Waals surface area contributed by atoms with E-state index in [1.54, 1.807) is 36.2 Å². The van der Waals surface area contributed by atoms with Crippen molar-refractivity contribution in [2.75, 3.05) is 30.8 Å². The minimum atomic E-state index is -0.250. The lowest BCUT2D eigenvalue weighted by Crippen LogP contribution is -2.36. The topological polar surface area (TPSA) is 78.5 Å². The molecule has 0 heterocycles. The number of nitrogens with one attached hydrogen (secondary N) is 2. The van der Waals surface area contributed by atoms with Gasteiger partial charge >= 0.3 is 0 Å². The molecule has 0 fully saturated rings.